The van der Waals surface area contributed by atoms with Gasteiger partial charge in [0.05, 0.1) is 11.3 Å². The quantitative estimate of drug-likeness (QED) is 0.261. The Labute approximate surface area is 228 Å². The van der Waals surface area contributed by atoms with Crippen LogP contribution in [0.2, 0.25) is 0 Å². The highest BCUT2D eigenvalue weighted by Gasteiger charge is 2.32. The van der Waals surface area contributed by atoms with E-state index in [-0.39, 0.29) is 28.8 Å². The predicted molar refractivity (Wildman–Crippen MR) is 145 cm³/mol. The van der Waals surface area contributed by atoms with Crippen LogP contribution in [0.1, 0.15) is 25.2 Å². The van der Waals surface area contributed by atoms with Crippen molar-refractivity contribution >= 4 is 34.6 Å². The predicted octanol–water partition coefficient (Wildman–Crippen LogP) is 5.94. The molecule has 0 aliphatic carbocycles. The molecule has 1 aliphatic rings. The van der Waals surface area contributed by atoms with Gasteiger partial charge in [0.15, 0.2) is 0 Å². The zero-order chi connectivity index (χ0) is 27.6. The van der Waals surface area contributed by atoms with Gasteiger partial charge in [0, 0.05) is 43.1 Å². The molecule has 2 aromatic heterocycles. The summed E-state index contributed by atoms with van der Waals surface area (Å²) in [6, 6.07) is 14.8. The Kier molecular flexibility index (Phi) is 7.79. The second kappa shape index (κ2) is 11.3. The number of thioether (sulfide) groups is 1. The molecule has 1 fully saturated rings. The molecule has 3 heterocycles. The number of alkyl halides is 3. The highest BCUT2D eigenvalue weighted by Crippen LogP contribution is 2.37. The minimum absolute atomic E-state index is 0.0615. The standard InChI is InChI=1S/C28H28F3N5O2S/c1-18(2)15-22-32-26(36-13-11-35(12-14-36)23(37)17-39-21-9-4-3-5-10-21)24-25(34-38-27(24)33-22)19-7-6-8-20(16-19)28(29,30)31/h3-10,16,18H,11-15,17H2,1-2H3. The molecule has 0 unspecified atom stereocenters. The lowest BCUT2D eigenvalue weighted by Gasteiger charge is -2.35. The third-order valence-electron chi connectivity index (χ3n) is 6.45. The number of fused-ring (bicyclic) bond motifs is 1. The van der Waals surface area contributed by atoms with Gasteiger partial charge in [-0.2, -0.15) is 18.2 Å². The van der Waals surface area contributed by atoms with E-state index in [2.05, 4.69) is 24.0 Å². The summed E-state index contributed by atoms with van der Waals surface area (Å²) >= 11 is 1.51. The molecule has 39 heavy (non-hydrogen) atoms. The number of rotatable bonds is 7. The molecule has 0 N–H and O–H groups in total. The van der Waals surface area contributed by atoms with E-state index in [0.29, 0.717) is 55.4 Å². The van der Waals surface area contributed by atoms with Crippen LogP contribution in [0.15, 0.2) is 64.0 Å². The highest BCUT2D eigenvalue weighted by molar-refractivity contribution is 8.00. The van der Waals surface area contributed by atoms with Gasteiger partial charge in [-0.15, -0.1) is 11.8 Å². The number of carbonyl (C=O) groups excluding carboxylic acids is 1. The van der Waals surface area contributed by atoms with Gasteiger partial charge in [-0.05, 0) is 30.2 Å². The minimum Gasteiger partial charge on any atom is -0.352 e. The van der Waals surface area contributed by atoms with E-state index in [1.165, 1.54) is 17.8 Å². The maximum Gasteiger partial charge on any atom is 0.416 e. The zero-order valence-corrected chi connectivity index (χ0v) is 22.4. The van der Waals surface area contributed by atoms with Crippen LogP contribution in [0.3, 0.4) is 0 Å². The maximum atomic E-state index is 13.4. The maximum absolute atomic E-state index is 13.4. The third-order valence-corrected chi connectivity index (χ3v) is 7.45. The number of aromatic nitrogens is 3. The SMILES string of the molecule is CC(C)Cc1nc(N2CCN(C(=O)CSc3ccccc3)CC2)c2c(-c3cccc(C(F)(F)F)c3)noc2n1. The number of hydrogen-bond acceptors (Lipinski definition) is 7. The lowest BCUT2D eigenvalue weighted by Crippen LogP contribution is -2.49. The fourth-order valence-corrected chi connectivity index (χ4v) is 5.35. The molecule has 1 aliphatic heterocycles. The fraction of sp³-hybridized carbons (Fsp3) is 0.357. The van der Waals surface area contributed by atoms with Crippen molar-refractivity contribution in [3.05, 3.63) is 66.0 Å². The largest absolute Gasteiger partial charge is 0.416 e. The molecule has 7 nitrogen and oxygen atoms in total. The van der Waals surface area contributed by atoms with Crippen molar-refractivity contribution in [1.29, 1.82) is 0 Å². The number of halogens is 3. The molecule has 0 spiro atoms. The fourth-order valence-electron chi connectivity index (χ4n) is 4.53. The first-order chi connectivity index (χ1) is 18.7. The Morgan fingerprint density at radius 2 is 1.77 bits per heavy atom. The summed E-state index contributed by atoms with van der Waals surface area (Å²) in [4.78, 5) is 27.1. The van der Waals surface area contributed by atoms with E-state index < -0.39 is 11.7 Å². The van der Waals surface area contributed by atoms with E-state index in [0.717, 1.165) is 17.0 Å². The molecule has 204 valence electrons. The molecule has 1 saturated heterocycles. The van der Waals surface area contributed by atoms with Gasteiger partial charge in [0.2, 0.25) is 5.91 Å². The number of carbonyl (C=O) groups is 1. The molecule has 0 saturated carbocycles. The number of anilines is 1. The topological polar surface area (TPSA) is 75.4 Å². The van der Waals surface area contributed by atoms with Crippen LogP contribution in [-0.4, -0.2) is 57.9 Å². The summed E-state index contributed by atoms with van der Waals surface area (Å²) in [7, 11) is 0. The molecule has 1 amide bonds. The second-order valence-corrected chi connectivity index (χ2v) is 10.9. The van der Waals surface area contributed by atoms with E-state index in [1.807, 2.05) is 40.1 Å². The molecule has 11 heteroatoms. The van der Waals surface area contributed by atoms with Gasteiger partial charge >= 0.3 is 6.18 Å². The number of benzene rings is 2. The van der Waals surface area contributed by atoms with Gasteiger partial charge in [-0.1, -0.05) is 49.3 Å². The van der Waals surface area contributed by atoms with Crippen LogP contribution in [0, 0.1) is 5.92 Å². The Morgan fingerprint density at radius 1 is 1.03 bits per heavy atom. The van der Waals surface area contributed by atoms with Crippen LogP contribution < -0.4 is 4.90 Å². The average Bonchev–Trinajstić information content (AvgIpc) is 3.35. The summed E-state index contributed by atoms with van der Waals surface area (Å²) < 4.78 is 45.8. The summed E-state index contributed by atoms with van der Waals surface area (Å²) in [5.41, 5.74) is 0.00752. The molecular formula is C28H28F3N5O2S. The van der Waals surface area contributed by atoms with Crippen molar-refractivity contribution in [2.24, 2.45) is 5.92 Å². The first-order valence-electron chi connectivity index (χ1n) is 12.7. The van der Waals surface area contributed by atoms with Crippen LogP contribution in [0.4, 0.5) is 19.0 Å². The number of nitrogens with zero attached hydrogens (tertiary/aromatic N) is 5. The lowest BCUT2D eigenvalue weighted by molar-refractivity contribution is -0.137. The Bertz CT molecular complexity index is 1450. The monoisotopic (exact) mass is 555 g/mol. The number of hydrogen-bond donors (Lipinski definition) is 0. The summed E-state index contributed by atoms with van der Waals surface area (Å²) in [5.74, 6) is 1.85. The molecule has 0 radical (unpaired) electrons. The van der Waals surface area contributed by atoms with E-state index in [1.54, 1.807) is 6.07 Å². The van der Waals surface area contributed by atoms with E-state index >= 15 is 0 Å². The van der Waals surface area contributed by atoms with E-state index in [4.69, 9.17) is 9.51 Å². The van der Waals surface area contributed by atoms with E-state index in [9.17, 15) is 18.0 Å². The van der Waals surface area contributed by atoms with Crippen molar-refractivity contribution in [2.45, 2.75) is 31.3 Å². The zero-order valence-electron chi connectivity index (χ0n) is 21.6. The lowest BCUT2D eigenvalue weighted by atomic mass is 10.1. The third kappa shape index (κ3) is 6.19. The summed E-state index contributed by atoms with van der Waals surface area (Å²) in [6.07, 6.45) is -3.88. The van der Waals surface area contributed by atoms with Crippen LogP contribution >= 0.6 is 11.8 Å². The van der Waals surface area contributed by atoms with Crippen LogP contribution in [-0.2, 0) is 17.4 Å². The van der Waals surface area contributed by atoms with Crippen molar-refractivity contribution in [1.82, 2.24) is 20.0 Å². The molecule has 5 rings (SSSR count). The second-order valence-electron chi connectivity index (χ2n) is 9.82. The Morgan fingerprint density at radius 3 is 2.46 bits per heavy atom. The van der Waals surface area contributed by atoms with Crippen molar-refractivity contribution in [2.75, 3.05) is 36.8 Å². The normalized spacial score (nSPS) is 14.4. The first-order valence-corrected chi connectivity index (χ1v) is 13.7. The highest BCUT2D eigenvalue weighted by atomic mass is 32.2. The summed E-state index contributed by atoms with van der Waals surface area (Å²) in [5, 5.41) is 4.60. The molecule has 2 aromatic carbocycles. The number of amides is 1. The Balaban J connectivity index is 1.41. The summed E-state index contributed by atoms with van der Waals surface area (Å²) in [6.45, 7) is 6.15. The first kappa shape index (κ1) is 27.0. The van der Waals surface area contributed by atoms with Crippen LogP contribution in [0.25, 0.3) is 22.4 Å². The van der Waals surface area contributed by atoms with Crippen molar-refractivity contribution in [3.8, 4) is 11.3 Å². The minimum atomic E-state index is -4.49. The Hall–Kier alpha value is -3.60. The van der Waals surface area contributed by atoms with Gasteiger partial charge < -0.3 is 14.3 Å². The van der Waals surface area contributed by atoms with Gasteiger partial charge in [-0.3, -0.25) is 4.79 Å². The smallest absolute Gasteiger partial charge is 0.352 e. The average molecular weight is 556 g/mol. The van der Waals surface area contributed by atoms with Crippen molar-refractivity contribution in [3.63, 3.8) is 0 Å². The molecular weight excluding hydrogens is 527 g/mol. The van der Waals surface area contributed by atoms with Crippen molar-refractivity contribution < 1.29 is 22.5 Å². The molecule has 4 aromatic rings. The van der Waals surface area contributed by atoms with Crippen LogP contribution in [0.5, 0.6) is 0 Å². The van der Waals surface area contributed by atoms with Gasteiger partial charge in [0.25, 0.3) is 5.71 Å². The van der Waals surface area contributed by atoms with Gasteiger partial charge in [0.1, 0.15) is 22.7 Å². The van der Waals surface area contributed by atoms with Gasteiger partial charge in [-0.25, -0.2) is 4.98 Å². The number of piperazine rings is 1. The molecule has 0 bridgehead atoms. The molecule has 0 atom stereocenters.